The molecular weight excluding hydrogens is 284 g/mol. The Morgan fingerprint density at radius 1 is 1.42 bits per heavy atom. The third kappa shape index (κ3) is 3.58. The molecule has 0 N–H and O–H groups in total. The SMILES string of the molecule is COc1ccc(C[S@@](=O)Cc2nccn2C)cc1Cl. The van der Waals surface area contributed by atoms with Gasteiger partial charge in [-0.05, 0) is 17.7 Å². The first-order valence-corrected chi connectivity index (χ1v) is 7.60. The molecule has 0 radical (unpaired) electrons. The lowest BCUT2D eigenvalue weighted by Crippen LogP contribution is -2.05. The van der Waals surface area contributed by atoms with Crippen LogP contribution in [0.1, 0.15) is 11.4 Å². The molecule has 0 aliphatic carbocycles. The largest absolute Gasteiger partial charge is 0.495 e. The zero-order valence-electron chi connectivity index (χ0n) is 10.8. The average Bonchev–Trinajstić information content (AvgIpc) is 2.75. The highest BCUT2D eigenvalue weighted by Crippen LogP contribution is 2.25. The van der Waals surface area contributed by atoms with Crippen molar-refractivity contribution in [3.8, 4) is 5.75 Å². The van der Waals surface area contributed by atoms with Crippen LogP contribution in [0, 0.1) is 0 Å². The van der Waals surface area contributed by atoms with Crippen LogP contribution in [-0.4, -0.2) is 20.9 Å². The molecule has 0 unspecified atom stereocenters. The summed E-state index contributed by atoms with van der Waals surface area (Å²) >= 11 is 6.04. The fourth-order valence-corrected chi connectivity index (χ4v) is 3.22. The molecule has 1 atom stereocenters. The summed E-state index contributed by atoms with van der Waals surface area (Å²) in [6, 6.07) is 5.45. The molecule has 1 aromatic carbocycles. The van der Waals surface area contributed by atoms with E-state index in [1.807, 2.05) is 23.9 Å². The molecular formula is C13H15ClN2O2S. The molecule has 0 amide bonds. The Balaban J connectivity index is 2.03. The first-order chi connectivity index (χ1) is 9.10. The van der Waals surface area contributed by atoms with Gasteiger partial charge in [0.1, 0.15) is 11.6 Å². The van der Waals surface area contributed by atoms with Gasteiger partial charge >= 0.3 is 0 Å². The van der Waals surface area contributed by atoms with Crippen molar-refractivity contribution in [2.24, 2.45) is 7.05 Å². The van der Waals surface area contributed by atoms with Crippen LogP contribution < -0.4 is 4.74 Å². The zero-order valence-corrected chi connectivity index (χ0v) is 12.4. The quantitative estimate of drug-likeness (QED) is 0.852. The summed E-state index contributed by atoms with van der Waals surface area (Å²) in [4.78, 5) is 4.17. The molecule has 0 fully saturated rings. The number of aromatic nitrogens is 2. The highest BCUT2D eigenvalue weighted by atomic mass is 35.5. The maximum Gasteiger partial charge on any atom is 0.137 e. The van der Waals surface area contributed by atoms with Crippen LogP contribution in [0.4, 0.5) is 0 Å². The van der Waals surface area contributed by atoms with E-state index in [0.717, 1.165) is 11.4 Å². The summed E-state index contributed by atoms with van der Waals surface area (Å²) in [6.45, 7) is 0. The van der Waals surface area contributed by atoms with Gasteiger partial charge in [0.25, 0.3) is 0 Å². The Labute approximate surface area is 119 Å². The summed E-state index contributed by atoms with van der Waals surface area (Å²) in [5, 5.41) is 0.536. The van der Waals surface area contributed by atoms with Gasteiger partial charge in [-0.3, -0.25) is 4.21 Å². The van der Waals surface area contributed by atoms with Gasteiger partial charge in [-0.25, -0.2) is 4.98 Å². The van der Waals surface area contributed by atoms with Crippen LogP contribution in [0.25, 0.3) is 0 Å². The summed E-state index contributed by atoms with van der Waals surface area (Å²) in [6.07, 6.45) is 3.55. The summed E-state index contributed by atoms with van der Waals surface area (Å²) in [7, 11) is 2.45. The van der Waals surface area contributed by atoms with E-state index in [0.29, 0.717) is 22.3 Å². The molecule has 102 valence electrons. The second kappa shape index (κ2) is 6.21. The van der Waals surface area contributed by atoms with Crippen molar-refractivity contribution >= 4 is 22.4 Å². The normalized spacial score (nSPS) is 12.4. The fourth-order valence-electron chi connectivity index (χ4n) is 1.72. The van der Waals surface area contributed by atoms with Gasteiger partial charge in [-0.15, -0.1) is 0 Å². The number of ether oxygens (including phenoxy) is 1. The van der Waals surface area contributed by atoms with Gasteiger partial charge in [-0.1, -0.05) is 17.7 Å². The standard InChI is InChI=1S/C13H15ClN2O2S/c1-16-6-5-15-13(16)9-19(17)8-10-3-4-12(18-2)11(14)7-10/h3-7H,8-9H2,1-2H3/t19-/m1/s1. The van der Waals surface area contributed by atoms with Crippen LogP contribution >= 0.6 is 11.6 Å². The van der Waals surface area contributed by atoms with E-state index in [1.165, 1.54) is 0 Å². The van der Waals surface area contributed by atoms with Crippen molar-refractivity contribution in [3.63, 3.8) is 0 Å². The minimum absolute atomic E-state index is 0.438. The van der Waals surface area contributed by atoms with Gasteiger partial charge in [-0.2, -0.15) is 0 Å². The maximum atomic E-state index is 12.1. The van der Waals surface area contributed by atoms with E-state index < -0.39 is 10.8 Å². The molecule has 0 bridgehead atoms. The first-order valence-electron chi connectivity index (χ1n) is 5.73. The molecule has 2 aromatic rings. The lowest BCUT2D eigenvalue weighted by molar-refractivity contribution is 0.415. The average molecular weight is 299 g/mol. The summed E-state index contributed by atoms with van der Waals surface area (Å²) < 4.78 is 19.0. The Morgan fingerprint density at radius 2 is 2.21 bits per heavy atom. The smallest absolute Gasteiger partial charge is 0.137 e. The number of rotatable bonds is 5. The number of hydrogen-bond acceptors (Lipinski definition) is 3. The van der Waals surface area contributed by atoms with Gasteiger partial charge in [0.05, 0.1) is 17.9 Å². The Morgan fingerprint density at radius 3 is 2.79 bits per heavy atom. The minimum Gasteiger partial charge on any atom is -0.495 e. The minimum atomic E-state index is -1.01. The molecule has 1 heterocycles. The number of hydrogen-bond donors (Lipinski definition) is 0. The molecule has 4 nitrogen and oxygen atoms in total. The van der Waals surface area contributed by atoms with Crippen molar-refractivity contribution in [2.45, 2.75) is 11.5 Å². The number of imidazole rings is 1. The fraction of sp³-hybridized carbons (Fsp3) is 0.308. The second-order valence-electron chi connectivity index (χ2n) is 4.15. The van der Waals surface area contributed by atoms with Crippen molar-refractivity contribution in [1.82, 2.24) is 9.55 Å². The molecule has 1 aromatic heterocycles. The number of benzene rings is 1. The molecule has 0 spiro atoms. The number of aryl methyl sites for hydroxylation is 1. The van der Waals surface area contributed by atoms with E-state index >= 15 is 0 Å². The Kier molecular flexibility index (Phi) is 4.61. The van der Waals surface area contributed by atoms with Gasteiger partial charge in [0.15, 0.2) is 0 Å². The van der Waals surface area contributed by atoms with Crippen LogP contribution in [0.15, 0.2) is 30.6 Å². The third-order valence-corrected chi connectivity index (χ3v) is 4.29. The van der Waals surface area contributed by atoms with E-state index in [9.17, 15) is 4.21 Å². The number of halogens is 1. The predicted molar refractivity (Wildman–Crippen MR) is 76.8 cm³/mol. The highest BCUT2D eigenvalue weighted by Gasteiger charge is 2.09. The van der Waals surface area contributed by atoms with Crippen molar-refractivity contribution < 1.29 is 8.95 Å². The number of nitrogens with zero attached hydrogens (tertiary/aromatic N) is 2. The van der Waals surface area contributed by atoms with Crippen molar-refractivity contribution in [2.75, 3.05) is 7.11 Å². The molecule has 6 heteroatoms. The van der Waals surface area contributed by atoms with Crippen molar-refractivity contribution in [1.29, 1.82) is 0 Å². The van der Waals surface area contributed by atoms with Crippen LogP contribution in [0.2, 0.25) is 5.02 Å². The molecule has 2 rings (SSSR count). The molecule has 0 aliphatic heterocycles. The van der Waals surface area contributed by atoms with Gasteiger partial charge in [0, 0.05) is 36.0 Å². The Bertz CT molecular complexity index is 598. The topological polar surface area (TPSA) is 44.1 Å². The van der Waals surface area contributed by atoms with Crippen LogP contribution in [0.5, 0.6) is 5.75 Å². The lowest BCUT2D eigenvalue weighted by Gasteiger charge is -2.06. The molecule has 0 saturated heterocycles. The third-order valence-electron chi connectivity index (χ3n) is 2.75. The van der Waals surface area contributed by atoms with E-state index in [1.54, 1.807) is 25.4 Å². The van der Waals surface area contributed by atoms with Crippen LogP contribution in [-0.2, 0) is 29.4 Å². The van der Waals surface area contributed by atoms with Crippen LogP contribution in [0.3, 0.4) is 0 Å². The van der Waals surface area contributed by atoms with Crippen molar-refractivity contribution in [3.05, 3.63) is 47.0 Å². The lowest BCUT2D eigenvalue weighted by atomic mass is 10.2. The van der Waals surface area contributed by atoms with Gasteiger partial charge < -0.3 is 9.30 Å². The number of methoxy groups -OCH3 is 1. The summed E-state index contributed by atoms with van der Waals surface area (Å²) in [5.41, 5.74) is 0.929. The van der Waals surface area contributed by atoms with E-state index in [-0.39, 0.29) is 0 Å². The maximum absolute atomic E-state index is 12.1. The predicted octanol–water partition coefficient (Wildman–Crippen LogP) is 2.53. The zero-order chi connectivity index (χ0) is 13.8. The molecule has 0 aliphatic rings. The van der Waals surface area contributed by atoms with E-state index in [2.05, 4.69) is 4.98 Å². The van der Waals surface area contributed by atoms with Gasteiger partial charge in [0.2, 0.25) is 0 Å². The summed E-state index contributed by atoms with van der Waals surface area (Å²) in [5.74, 6) is 2.34. The second-order valence-corrected chi connectivity index (χ2v) is 6.02. The monoisotopic (exact) mass is 298 g/mol. The molecule has 19 heavy (non-hydrogen) atoms. The highest BCUT2D eigenvalue weighted by molar-refractivity contribution is 7.83. The Hall–Kier alpha value is -1.33. The first kappa shape index (κ1) is 14.1. The molecule has 0 saturated carbocycles. The van der Waals surface area contributed by atoms with E-state index in [4.69, 9.17) is 16.3 Å².